The molecule has 1 rings (SSSR count). The van der Waals surface area contributed by atoms with Crippen LogP contribution in [0.1, 0.15) is 41.5 Å². The fourth-order valence-electron chi connectivity index (χ4n) is 2.10. The predicted molar refractivity (Wildman–Crippen MR) is 126 cm³/mol. The van der Waals surface area contributed by atoms with Crippen molar-refractivity contribution >= 4 is 97.2 Å². The van der Waals surface area contributed by atoms with Crippen molar-refractivity contribution in [3.8, 4) is 0 Å². The zero-order valence-electron chi connectivity index (χ0n) is 14.9. The highest BCUT2D eigenvalue weighted by Crippen LogP contribution is 2.36. The third-order valence-corrected chi connectivity index (χ3v) is 6.92. The molecule has 0 spiro atoms. The summed E-state index contributed by atoms with van der Waals surface area (Å²) in [6.07, 6.45) is 0. The molecule has 27 heavy (non-hydrogen) atoms. The Hall–Kier alpha value is -0.550. The number of hydrogen-bond acceptors (Lipinski definition) is 5. The number of nitrogens with zero attached hydrogens (tertiary/aromatic N) is 1. The molecule has 1 atom stereocenters. The van der Waals surface area contributed by atoms with Crippen LogP contribution in [-0.2, 0) is 9.59 Å². The van der Waals surface area contributed by atoms with Crippen LogP contribution in [0.4, 0.5) is 5.69 Å². The number of likely N-dealkylation sites (N-methyl/N-ethyl adjacent to an activating group) is 1. The highest BCUT2D eigenvalue weighted by Gasteiger charge is 2.33. The minimum Gasteiger partial charge on any atom is -0.478 e. The van der Waals surface area contributed by atoms with Crippen LogP contribution in [0, 0.1) is 16.6 Å². The second-order valence-electron chi connectivity index (χ2n) is 6.03. The first-order valence-electron chi connectivity index (χ1n) is 7.61. The van der Waals surface area contributed by atoms with Crippen LogP contribution in [-0.4, -0.2) is 46.8 Å². The third-order valence-electron chi connectivity index (χ3n) is 3.68. The largest absolute Gasteiger partial charge is 0.478 e. The SMILES string of the molecule is CC(=O)Nc1c(I)c(C(=O)O)c(I)c(C(=O)N(C)C(=O)C(N)C(C)C)c1I. The van der Waals surface area contributed by atoms with Crippen molar-refractivity contribution in [1.29, 1.82) is 0 Å². The van der Waals surface area contributed by atoms with Crippen LogP contribution in [0.3, 0.4) is 0 Å². The molecule has 0 saturated heterocycles. The highest BCUT2D eigenvalue weighted by molar-refractivity contribution is 14.1. The second kappa shape index (κ2) is 9.78. The quantitative estimate of drug-likeness (QED) is 0.403. The lowest BCUT2D eigenvalue weighted by atomic mass is 10.0. The lowest BCUT2D eigenvalue weighted by Gasteiger charge is -2.24. The summed E-state index contributed by atoms with van der Waals surface area (Å²) < 4.78 is 0.837. The molecule has 1 unspecified atom stereocenters. The highest BCUT2D eigenvalue weighted by atomic mass is 127. The molecule has 1 aromatic carbocycles. The van der Waals surface area contributed by atoms with E-state index in [9.17, 15) is 24.3 Å². The Bertz CT molecular complexity index is 826. The number of benzene rings is 1. The van der Waals surface area contributed by atoms with E-state index in [1.165, 1.54) is 14.0 Å². The van der Waals surface area contributed by atoms with Crippen LogP contribution in [0.15, 0.2) is 0 Å². The van der Waals surface area contributed by atoms with Gasteiger partial charge in [-0.2, -0.15) is 0 Å². The number of imide groups is 1. The fourth-order valence-corrected chi connectivity index (χ4v) is 6.46. The van der Waals surface area contributed by atoms with E-state index in [2.05, 4.69) is 5.32 Å². The minimum atomic E-state index is -1.24. The summed E-state index contributed by atoms with van der Waals surface area (Å²) >= 11 is 5.44. The summed E-state index contributed by atoms with van der Waals surface area (Å²) in [5.74, 6) is -3.08. The van der Waals surface area contributed by atoms with Gasteiger partial charge in [-0.05, 0) is 73.7 Å². The summed E-state index contributed by atoms with van der Waals surface area (Å²) in [5.41, 5.74) is 5.99. The van der Waals surface area contributed by atoms with Gasteiger partial charge in [-0.25, -0.2) is 4.79 Å². The van der Waals surface area contributed by atoms with Gasteiger partial charge in [0.05, 0.1) is 30.0 Å². The van der Waals surface area contributed by atoms with Gasteiger partial charge < -0.3 is 16.2 Å². The van der Waals surface area contributed by atoms with Gasteiger partial charge >= 0.3 is 5.97 Å². The molecule has 0 radical (unpaired) electrons. The Morgan fingerprint density at radius 1 is 1.04 bits per heavy atom. The monoisotopic (exact) mass is 713 g/mol. The summed E-state index contributed by atoms with van der Waals surface area (Å²) in [6, 6.07) is -0.869. The number of halogens is 3. The molecule has 0 aliphatic rings. The van der Waals surface area contributed by atoms with Gasteiger partial charge in [0.15, 0.2) is 0 Å². The predicted octanol–water partition coefficient (Wildman–Crippen LogP) is 2.74. The molecule has 8 nitrogen and oxygen atoms in total. The van der Waals surface area contributed by atoms with Gasteiger partial charge in [-0.3, -0.25) is 19.3 Å². The fraction of sp³-hybridized carbons (Fsp3) is 0.375. The van der Waals surface area contributed by atoms with Crippen LogP contribution in [0.2, 0.25) is 0 Å². The molecule has 11 heteroatoms. The number of carboxylic acids is 1. The van der Waals surface area contributed by atoms with Gasteiger partial charge in [0.1, 0.15) is 0 Å². The van der Waals surface area contributed by atoms with E-state index in [4.69, 9.17) is 5.73 Å². The molecular weight excluding hydrogens is 695 g/mol. The normalized spacial score (nSPS) is 11.9. The molecule has 0 aliphatic carbocycles. The lowest BCUT2D eigenvalue weighted by molar-refractivity contribution is -0.129. The van der Waals surface area contributed by atoms with Crippen molar-refractivity contribution in [2.24, 2.45) is 11.7 Å². The number of rotatable bonds is 5. The van der Waals surface area contributed by atoms with Crippen molar-refractivity contribution in [2.45, 2.75) is 26.8 Å². The minimum absolute atomic E-state index is 0.0320. The molecule has 0 heterocycles. The number of hydrogen-bond donors (Lipinski definition) is 3. The molecular formula is C16H18I3N3O5. The van der Waals surface area contributed by atoms with Crippen molar-refractivity contribution in [3.63, 3.8) is 0 Å². The van der Waals surface area contributed by atoms with Crippen LogP contribution >= 0.6 is 67.8 Å². The first kappa shape index (κ1) is 24.5. The molecule has 0 bridgehead atoms. The van der Waals surface area contributed by atoms with E-state index in [0.29, 0.717) is 7.14 Å². The van der Waals surface area contributed by atoms with Crippen molar-refractivity contribution in [1.82, 2.24) is 4.90 Å². The molecule has 0 fully saturated rings. The first-order chi connectivity index (χ1) is 12.3. The molecule has 148 valence electrons. The van der Waals surface area contributed by atoms with Crippen LogP contribution < -0.4 is 11.1 Å². The van der Waals surface area contributed by atoms with Gasteiger partial charge in [0, 0.05) is 17.5 Å². The maximum absolute atomic E-state index is 13.0. The Labute approximate surface area is 197 Å². The topological polar surface area (TPSA) is 130 Å². The number of anilines is 1. The molecule has 4 N–H and O–H groups in total. The first-order valence-corrected chi connectivity index (χ1v) is 10.8. The van der Waals surface area contributed by atoms with Crippen molar-refractivity contribution in [2.75, 3.05) is 12.4 Å². The smallest absolute Gasteiger partial charge is 0.337 e. The molecule has 3 amide bonds. The van der Waals surface area contributed by atoms with Crippen LogP contribution in [0.5, 0.6) is 0 Å². The van der Waals surface area contributed by atoms with E-state index in [1.54, 1.807) is 36.4 Å². The number of amides is 3. The average molecular weight is 713 g/mol. The van der Waals surface area contributed by atoms with E-state index in [-0.39, 0.29) is 26.3 Å². The maximum atomic E-state index is 13.0. The number of carbonyl (C=O) groups excluding carboxylic acids is 3. The number of nitrogens with one attached hydrogen (secondary N) is 1. The summed E-state index contributed by atoms with van der Waals surface area (Å²) in [7, 11) is 1.30. The Morgan fingerprint density at radius 3 is 1.93 bits per heavy atom. The zero-order chi connectivity index (χ0) is 21.2. The number of aromatic carboxylic acids is 1. The van der Waals surface area contributed by atoms with Gasteiger partial charge in [0.2, 0.25) is 11.8 Å². The van der Waals surface area contributed by atoms with Gasteiger partial charge in [-0.1, -0.05) is 13.8 Å². The Kier molecular flexibility index (Phi) is 8.87. The van der Waals surface area contributed by atoms with E-state index < -0.39 is 29.7 Å². The van der Waals surface area contributed by atoms with E-state index in [1.807, 2.05) is 45.2 Å². The van der Waals surface area contributed by atoms with Crippen molar-refractivity contribution < 1.29 is 24.3 Å². The maximum Gasteiger partial charge on any atom is 0.337 e. The van der Waals surface area contributed by atoms with E-state index >= 15 is 0 Å². The second-order valence-corrected chi connectivity index (χ2v) is 9.26. The zero-order valence-corrected chi connectivity index (χ0v) is 21.4. The molecule has 1 aromatic rings. The van der Waals surface area contributed by atoms with E-state index in [0.717, 1.165) is 4.90 Å². The lowest BCUT2D eigenvalue weighted by Crippen LogP contribution is -2.47. The summed E-state index contributed by atoms with van der Waals surface area (Å²) in [6.45, 7) is 4.80. The number of carbonyl (C=O) groups is 4. The summed E-state index contributed by atoms with van der Waals surface area (Å²) in [5, 5.41) is 12.1. The number of nitrogens with two attached hydrogens (primary N) is 1. The van der Waals surface area contributed by atoms with Crippen LogP contribution in [0.25, 0.3) is 0 Å². The molecule has 0 saturated carbocycles. The Morgan fingerprint density at radius 2 is 1.52 bits per heavy atom. The standard InChI is InChI=1S/C16H18I3N3O5/c1-5(2)12(20)15(25)22(4)14(24)7-9(17)8(16(26)27)11(19)13(10(7)18)21-6(3)23/h5,12H,20H2,1-4H3,(H,21,23)(H,26,27). The molecule has 0 aliphatic heterocycles. The third kappa shape index (κ3) is 5.29. The number of carboxylic acid groups (broad SMARTS) is 1. The average Bonchev–Trinajstić information content (AvgIpc) is 2.55. The van der Waals surface area contributed by atoms with Gasteiger partial charge in [-0.15, -0.1) is 0 Å². The van der Waals surface area contributed by atoms with Crippen molar-refractivity contribution in [3.05, 3.63) is 21.8 Å². The Balaban J connectivity index is 3.65. The van der Waals surface area contributed by atoms with Gasteiger partial charge in [0.25, 0.3) is 5.91 Å². The summed E-state index contributed by atoms with van der Waals surface area (Å²) in [4.78, 5) is 49.6. The molecule has 0 aromatic heterocycles.